The van der Waals surface area contributed by atoms with E-state index >= 15 is 0 Å². The van der Waals surface area contributed by atoms with E-state index in [0.29, 0.717) is 6.54 Å². The first kappa shape index (κ1) is 14.2. The van der Waals surface area contributed by atoms with E-state index < -0.39 is 0 Å². The standard InChI is InChI=1S/C14H24N4O/c1-4-5-11-6-13(17-10-16-11)18-8-12(7-15)19-14(2,3)9-18/h6,10,12H,4-5,7-9,15H2,1-3H3. The summed E-state index contributed by atoms with van der Waals surface area (Å²) in [5, 5.41) is 0. The predicted octanol–water partition coefficient (Wildman–Crippen LogP) is 1.37. The van der Waals surface area contributed by atoms with Crippen LogP contribution < -0.4 is 10.6 Å². The van der Waals surface area contributed by atoms with Crippen molar-refractivity contribution in [3.05, 3.63) is 18.1 Å². The fourth-order valence-corrected chi connectivity index (χ4v) is 2.54. The number of nitrogens with two attached hydrogens (primary N) is 1. The Hall–Kier alpha value is -1.20. The molecule has 1 aliphatic heterocycles. The first-order chi connectivity index (χ1) is 9.04. The Kier molecular flexibility index (Phi) is 4.37. The third-order valence-electron chi connectivity index (χ3n) is 3.28. The molecule has 5 nitrogen and oxygen atoms in total. The molecule has 106 valence electrons. The molecule has 0 bridgehead atoms. The molecule has 0 aromatic carbocycles. The Balaban J connectivity index is 2.17. The van der Waals surface area contributed by atoms with Crippen LogP contribution in [0, 0.1) is 0 Å². The average Bonchev–Trinajstić information content (AvgIpc) is 2.37. The second-order valence-electron chi connectivity index (χ2n) is 5.73. The maximum atomic E-state index is 5.94. The van der Waals surface area contributed by atoms with Crippen LogP contribution in [0.25, 0.3) is 0 Å². The molecule has 0 amide bonds. The van der Waals surface area contributed by atoms with Gasteiger partial charge in [0.15, 0.2) is 0 Å². The Morgan fingerprint density at radius 1 is 1.47 bits per heavy atom. The normalized spacial score (nSPS) is 22.5. The van der Waals surface area contributed by atoms with Crippen molar-refractivity contribution in [2.75, 3.05) is 24.5 Å². The van der Waals surface area contributed by atoms with Crippen molar-refractivity contribution in [2.45, 2.75) is 45.3 Å². The maximum absolute atomic E-state index is 5.94. The number of aryl methyl sites for hydroxylation is 1. The molecule has 1 unspecified atom stereocenters. The van der Waals surface area contributed by atoms with Crippen molar-refractivity contribution in [1.29, 1.82) is 0 Å². The van der Waals surface area contributed by atoms with Gasteiger partial charge in [-0.1, -0.05) is 13.3 Å². The number of anilines is 1. The number of hydrogen-bond donors (Lipinski definition) is 1. The summed E-state index contributed by atoms with van der Waals surface area (Å²) >= 11 is 0. The van der Waals surface area contributed by atoms with Crippen molar-refractivity contribution >= 4 is 5.82 Å². The lowest BCUT2D eigenvalue weighted by Crippen LogP contribution is -2.55. The molecule has 5 heteroatoms. The summed E-state index contributed by atoms with van der Waals surface area (Å²) in [6.07, 6.45) is 3.80. The van der Waals surface area contributed by atoms with E-state index in [1.54, 1.807) is 6.33 Å². The van der Waals surface area contributed by atoms with Crippen LogP contribution in [0.2, 0.25) is 0 Å². The second-order valence-corrected chi connectivity index (χ2v) is 5.73. The number of ether oxygens (including phenoxy) is 1. The highest BCUT2D eigenvalue weighted by Crippen LogP contribution is 2.24. The van der Waals surface area contributed by atoms with Gasteiger partial charge in [-0.25, -0.2) is 9.97 Å². The topological polar surface area (TPSA) is 64.3 Å². The van der Waals surface area contributed by atoms with Crippen LogP contribution in [0.15, 0.2) is 12.4 Å². The Labute approximate surface area is 115 Å². The van der Waals surface area contributed by atoms with Crippen molar-refractivity contribution in [2.24, 2.45) is 5.73 Å². The number of hydrogen-bond acceptors (Lipinski definition) is 5. The largest absolute Gasteiger partial charge is 0.367 e. The minimum atomic E-state index is -0.196. The lowest BCUT2D eigenvalue weighted by atomic mass is 10.0. The van der Waals surface area contributed by atoms with Gasteiger partial charge in [-0.2, -0.15) is 0 Å². The zero-order valence-corrected chi connectivity index (χ0v) is 12.1. The van der Waals surface area contributed by atoms with Gasteiger partial charge in [-0.05, 0) is 20.3 Å². The van der Waals surface area contributed by atoms with Crippen LogP contribution >= 0.6 is 0 Å². The predicted molar refractivity (Wildman–Crippen MR) is 76.2 cm³/mol. The summed E-state index contributed by atoms with van der Waals surface area (Å²) in [5.41, 5.74) is 6.66. The monoisotopic (exact) mass is 264 g/mol. The van der Waals surface area contributed by atoms with Gasteiger partial charge in [0.2, 0.25) is 0 Å². The second kappa shape index (κ2) is 5.84. The molecule has 1 aromatic rings. The smallest absolute Gasteiger partial charge is 0.132 e. The summed E-state index contributed by atoms with van der Waals surface area (Å²) in [5.74, 6) is 0.980. The van der Waals surface area contributed by atoms with E-state index in [9.17, 15) is 0 Å². The first-order valence-electron chi connectivity index (χ1n) is 6.98. The lowest BCUT2D eigenvalue weighted by Gasteiger charge is -2.43. The highest BCUT2D eigenvalue weighted by Gasteiger charge is 2.33. The van der Waals surface area contributed by atoms with Gasteiger partial charge in [0, 0.05) is 31.4 Å². The molecular formula is C14H24N4O. The fraction of sp³-hybridized carbons (Fsp3) is 0.714. The SMILES string of the molecule is CCCc1cc(N2CC(CN)OC(C)(C)C2)ncn1. The fourth-order valence-electron chi connectivity index (χ4n) is 2.54. The van der Waals surface area contributed by atoms with Gasteiger partial charge < -0.3 is 15.4 Å². The molecule has 0 radical (unpaired) electrons. The van der Waals surface area contributed by atoms with Crippen LogP contribution in [-0.4, -0.2) is 41.3 Å². The summed E-state index contributed by atoms with van der Waals surface area (Å²) in [6, 6.07) is 2.08. The molecule has 19 heavy (non-hydrogen) atoms. The molecule has 2 N–H and O–H groups in total. The van der Waals surface area contributed by atoms with E-state index in [4.69, 9.17) is 10.5 Å². The molecule has 1 saturated heterocycles. The van der Waals surface area contributed by atoms with Crippen LogP contribution in [0.4, 0.5) is 5.82 Å². The Morgan fingerprint density at radius 2 is 2.26 bits per heavy atom. The van der Waals surface area contributed by atoms with E-state index in [1.165, 1.54) is 0 Å². The van der Waals surface area contributed by atoms with Gasteiger partial charge in [0.1, 0.15) is 12.1 Å². The Morgan fingerprint density at radius 3 is 2.95 bits per heavy atom. The maximum Gasteiger partial charge on any atom is 0.132 e. The molecule has 1 fully saturated rings. The van der Waals surface area contributed by atoms with Crippen LogP contribution in [0.5, 0.6) is 0 Å². The van der Waals surface area contributed by atoms with E-state index in [2.05, 4.69) is 41.7 Å². The van der Waals surface area contributed by atoms with Crippen molar-refractivity contribution in [3.8, 4) is 0 Å². The average molecular weight is 264 g/mol. The molecule has 2 rings (SSSR count). The van der Waals surface area contributed by atoms with E-state index in [1.807, 2.05) is 0 Å². The van der Waals surface area contributed by atoms with Gasteiger partial charge in [0.05, 0.1) is 11.7 Å². The molecule has 2 heterocycles. The molecule has 1 aromatic heterocycles. The third-order valence-corrected chi connectivity index (χ3v) is 3.28. The first-order valence-corrected chi connectivity index (χ1v) is 6.98. The van der Waals surface area contributed by atoms with Gasteiger partial charge in [-0.15, -0.1) is 0 Å². The van der Waals surface area contributed by atoms with E-state index in [-0.39, 0.29) is 11.7 Å². The van der Waals surface area contributed by atoms with Crippen molar-refractivity contribution < 1.29 is 4.74 Å². The van der Waals surface area contributed by atoms with Crippen LogP contribution in [0.3, 0.4) is 0 Å². The zero-order valence-electron chi connectivity index (χ0n) is 12.1. The summed E-state index contributed by atoms with van der Waals surface area (Å²) in [7, 11) is 0. The summed E-state index contributed by atoms with van der Waals surface area (Å²) in [4.78, 5) is 11.0. The van der Waals surface area contributed by atoms with E-state index in [0.717, 1.165) is 37.4 Å². The molecular weight excluding hydrogens is 240 g/mol. The number of aromatic nitrogens is 2. The highest BCUT2D eigenvalue weighted by atomic mass is 16.5. The van der Waals surface area contributed by atoms with Crippen LogP contribution in [0.1, 0.15) is 32.9 Å². The molecule has 0 aliphatic carbocycles. The molecule has 0 saturated carbocycles. The zero-order chi connectivity index (χ0) is 13.9. The Bertz CT molecular complexity index is 422. The molecule has 1 atom stereocenters. The number of nitrogens with zero attached hydrogens (tertiary/aromatic N) is 3. The summed E-state index contributed by atoms with van der Waals surface area (Å²) < 4.78 is 5.94. The minimum Gasteiger partial charge on any atom is -0.367 e. The van der Waals surface area contributed by atoms with Crippen molar-refractivity contribution in [1.82, 2.24) is 9.97 Å². The van der Waals surface area contributed by atoms with Crippen LogP contribution in [-0.2, 0) is 11.2 Å². The number of morpholine rings is 1. The van der Waals surface area contributed by atoms with Gasteiger partial charge in [-0.3, -0.25) is 0 Å². The third kappa shape index (κ3) is 3.64. The highest BCUT2D eigenvalue weighted by molar-refractivity contribution is 5.40. The lowest BCUT2D eigenvalue weighted by molar-refractivity contribution is -0.0790. The number of rotatable bonds is 4. The summed E-state index contributed by atoms with van der Waals surface area (Å²) in [6.45, 7) is 8.50. The molecule has 1 aliphatic rings. The van der Waals surface area contributed by atoms with Gasteiger partial charge in [0.25, 0.3) is 0 Å². The molecule has 0 spiro atoms. The minimum absolute atomic E-state index is 0.0633. The quantitative estimate of drug-likeness (QED) is 0.890. The van der Waals surface area contributed by atoms with Gasteiger partial charge >= 0.3 is 0 Å². The van der Waals surface area contributed by atoms with Crippen molar-refractivity contribution in [3.63, 3.8) is 0 Å².